The van der Waals surface area contributed by atoms with E-state index in [0.29, 0.717) is 6.04 Å². The third kappa shape index (κ3) is 4.20. The van der Waals surface area contributed by atoms with Crippen LogP contribution in [0.2, 0.25) is 0 Å². The molecule has 1 heteroatoms. The normalized spacial score (nSPS) is 12.5. The number of rotatable bonds is 3. The zero-order chi connectivity index (χ0) is 18.1. The SMILES string of the molecule is CC(C)N(c1cccc(C(C)(C)C)c1)c1cccc(C(C)(C)C)c1. The topological polar surface area (TPSA) is 3.24 Å². The Labute approximate surface area is 148 Å². The van der Waals surface area contributed by atoms with Crippen molar-refractivity contribution in [2.24, 2.45) is 0 Å². The first-order valence-electron chi connectivity index (χ1n) is 9.00. The molecule has 0 aromatic heterocycles. The number of anilines is 2. The fraction of sp³-hybridized carbons (Fsp3) is 0.478. The van der Waals surface area contributed by atoms with Crippen LogP contribution in [0.25, 0.3) is 0 Å². The highest BCUT2D eigenvalue weighted by molar-refractivity contribution is 5.66. The van der Waals surface area contributed by atoms with E-state index in [0.717, 1.165) is 0 Å². The summed E-state index contributed by atoms with van der Waals surface area (Å²) in [5.74, 6) is 0. The molecule has 0 aliphatic rings. The molecule has 0 saturated heterocycles. The molecule has 2 aromatic carbocycles. The van der Waals surface area contributed by atoms with Crippen molar-refractivity contribution in [1.82, 2.24) is 0 Å². The third-order valence-electron chi connectivity index (χ3n) is 4.50. The highest BCUT2D eigenvalue weighted by Gasteiger charge is 2.20. The summed E-state index contributed by atoms with van der Waals surface area (Å²) >= 11 is 0. The van der Waals surface area contributed by atoms with E-state index < -0.39 is 0 Å². The predicted octanol–water partition coefficient (Wildman–Crippen LogP) is 6.83. The standard InChI is InChI=1S/C23H33N/c1-17(2)24(20-13-9-11-18(15-20)22(3,4)5)21-14-10-12-19(16-21)23(6,7)8/h9-17H,1-8H3. The summed E-state index contributed by atoms with van der Waals surface area (Å²) in [5.41, 5.74) is 5.60. The molecule has 0 N–H and O–H groups in total. The average molecular weight is 324 g/mol. The monoisotopic (exact) mass is 323 g/mol. The Morgan fingerprint density at radius 3 is 1.33 bits per heavy atom. The van der Waals surface area contributed by atoms with Gasteiger partial charge in [-0.25, -0.2) is 0 Å². The van der Waals surface area contributed by atoms with Gasteiger partial charge >= 0.3 is 0 Å². The summed E-state index contributed by atoms with van der Waals surface area (Å²) in [4.78, 5) is 2.44. The molecule has 0 unspecified atom stereocenters. The Hall–Kier alpha value is -1.76. The smallest absolute Gasteiger partial charge is 0.0416 e. The average Bonchev–Trinajstić information content (AvgIpc) is 2.46. The van der Waals surface area contributed by atoms with Crippen molar-refractivity contribution in [3.05, 3.63) is 59.7 Å². The molecule has 0 saturated carbocycles. The Bertz CT molecular complexity index is 626. The number of benzene rings is 2. The summed E-state index contributed by atoms with van der Waals surface area (Å²) in [7, 11) is 0. The second-order valence-electron chi connectivity index (χ2n) is 9.06. The van der Waals surface area contributed by atoms with Crippen LogP contribution in [0.1, 0.15) is 66.5 Å². The molecule has 1 nitrogen and oxygen atoms in total. The Balaban J connectivity index is 2.52. The van der Waals surface area contributed by atoms with Gasteiger partial charge < -0.3 is 4.90 Å². The van der Waals surface area contributed by atoms with Crippen molar-refractivity contribution >= 4 is 11.4 Å². The van der Waals surface area contributed by atoms with Gasteiger partial charge in [-0.3, -0.25) is 0 Å². The van der Waals surface area contributed by atoms with Gasteiger partial charge in [0.2, 0.25) is 0 Å². The Morgan fingerprint density at radius 1 is 0.667 bits per heavy atom. The molecular formula is C23H33N. The molecule has 0 radical (unpaired) electrons. The molecule has 0 atom stereocenters. The van der Waals surface area contributed by atoms with Gasteiger partial charge in [-0.15, -0.1) is 0 Å². The molecule has 0 aliphatic heterocycles. The predicted molar refractivity (Wildman–Crippen MR) is 108 cm³/mol. The first-order valence-corrected chi connectivity index (χ1v) is 9.00. The van der Waals surface area contributed by atoms with E-state index in [-0.39, 0.29) is 10.8 Å². The second-order valence-corrected chi connectivity index (χ2v) is 9.06. The molecule has 0 spiro atoms. The van der Waals surface area contributed by atoms with E-state index in [1.165, 1.54) is 22.5 Å². The minimum atomic E-state index is 0.159. The molecule has 2 aromatic rings. The van der Waals surface area contributed by atoms with E-state index in [9.17, 15) is 0 Å². The fourth-order valence-corrected chi connectivity index (χ4v) is 2.99. The highest BCUT2D eigenvalue weighted by atomic mass is 15.2. The van der Waals surface area contributed by atoms with Crippen LogP contribution >= 0.6 is 0 Å². The molecule has 0 fully saturated rings. The van der Waals surface area contributed by atoms with Crippen LogP contribution in [0.3, 0.4) is 0 Å². The summed E-state index contributed by atoms with van der Waals surface area (Å²) in [5, 5.41) is 0. The van der Waals surface area contributed by atoms with E-state index in [4.69, 9.17) is 0 Å². The summed E-state index contributed by atoms with van der Waals surface area (Å²) in [6.07, 6.45) is 0. The van der Waals surface area contributed by atoms with Crippen molar-refractivity contribution in [3.8, 4) is 0 Å². The summed E-state index contributed by atoms with van der Waals surface area (Å²) in [6.45, 7) is 18.1. The zero-order valence-electron chi connectivity index (χ0n) is 16.6. The first kappa shape index (κ1) is 18.6. The third-order valence-corrected chi connectivity index (χ3v) is 4.50. The molecular weight excluding hydrogens is 290 g/mol. The first-order chi connectivity index (χ1) is 11.0. The van der Waals surface area contributed by atoms with E-state index in [1.54, 1.807) is 0 Å². The van der Waals surface area contributed by atoms with Gasteiger partial charge in [-0.2, -0.15) is 0 Å². The Morgan fingerprint density at radius 2 is 1.04 bits per heavy atom. The number of hydrogen-bond donors (Lipinski definition) is 0. The lowest BCUT2D eigenvalue weighted by atomic mass is 9.86. The van der Waals surface area contributed by atoms with Crippen molar-refractivity contribution in [1.29, 1.82) is 0 Å². The van der Waals surface area contributed by atoms with Crippen LogP contribution in [0.5, 0.6) is 0 Å². The lowest BCUT2D eigenvalue weighted by Crippen LogP contribution is -2.26. The quantitative estimate of drug-likeness (QED) is 0.598. The molecule has 24 heavy (non-hydrogen) atoms. The van der Waals surface area contributed by atoms with E-state index in [2.05, 4.69) is 109 Å². The fourth-order valence-electron chi connectivity index (χ4n) is 2.99. The van der Waals surface area contributed by atoms with Crippen molar-refractivity contribution in [3.63, 3.8) is 0 Å². The number of nitrogens with zero attached hydrogens (tertiary/aromatic N) is 1. The van der Waals surface area contributed by atoms with Crippen molar-refractivity contribution < 1.29 is 0 Å². The van der Waals surface area contributed by atoms with Gasteiger partial charge in [0.25, 0.3) is 0 Å². The molecule has 0 bridgehead atoms. The van der Waals surface area contributed by atoms with Gasteiger partial charge in [0.05, 0.1) is 0 Å². The van der Waals surface area contributed by atoms with Gasteiger partial charge in [-0.05, 0) is 60.1 Å². The van der Waals surface area contributed by atoms with Gasteiger partial charge in [0.15, 0.2) is 0 Å². The van der Waals surface area contributed by atoms with Crippen molar-refractivity contribution in [2.75, 3.05) is 4.90 Å². The van der Waals surface area contributed by atoms with Gasteiger partial charge in [0.1, 0.15) is 0 Å². The maximum Gasteiger partial charge on any atom is 0.0416 e. The molecule has 0 amide bonds. The van der Waals surface area contributed by atoms with E-state index >= 15 is 0 Å². The van der Waals surface area contributed by atoms with Gasteiger partial charge in [0, 0.05) is 17.4 Å². The highest BCUT2D eigenvalue weighted by Crippen LogP contribution is 2.34. The summed E-state index contributed by atoms with van der Waals surface area (Å²) in [6, 6.07) is 18.3. The van der Waals surface area contributed by atoms with Crippen LogP contribution in [-0.2, 0) is 10.8 Å². The molecule has 0 aliphatic carbocycles. The van der Waals surface area contributed by atoms with Gasteiger partial charge in [-0.1, -0.05) is 65.8 Å². The van der Waals surface area contributed by atoms with Crippen LogP contribution in [0, 0.1) is 0 Å². The van der Waals surface area contributed by atoms with Crippen LogP contribution in [-0.4, -0.2) is 6.04 Å². The maximum atomic E-state index is 2.44. The summed E-state index contributed by atoms with van der Waals surface area (Å²) < 4.78 is 0. The maximum absolute atomic E-state index is 2.44. The van der Waals surface area contributed by atoms with Crippen LogP contribution in [0.15, 0.2) is 48.5 Å². The Kier molecular flexibility index (Phi) is 5.13. The largest absolute Gasteiger partial charge is 0.339 e. The van der Waals surface area contributed by atoms with Crippen LogP contribution in [0.4, 0.5) is 11.4 Å². The lowest BCUT2D eigenvalue weighted by molar-refractivity contribution is 0.589. The molecule has 2 rings (SSSR count). The minimum Gasteiger partial charge on any atom is -0.339 e. The number of hydrogen-bond acceptors (Lipinski definition) is 1. The molecule has 0 heterocycles. The van der Waals surface area contributed by atoms with E-state index in [1.807, 2.05) is 0 Å². The minimum absolute atomic E-state index is 0.159. The molecule has 130 valence electrons. The van der Waals surface area contributed by atoms with Crippen molar-refractivity contribution in [2.45, 2.75) is 72.3 Å². The lowest BCUT2D eigenvalue weighted by Gasteiger charge is -2.32. The van der Waals surface area contributed by atoms with Crippen LogP contribution < -0.4 is 4.90 Å². The zero-order valence-corrected chi connectivity index (χ0v) is 16.6. The second kappa shape index (κ2) is 6.63.